The summed E-state index contributed by atoms with van der Waals surface area (Å²) >= 11 is 0. The van der Waals surface area contributed by atoms with E-state index in [9.17, 15) is 9.18 Å². The molecule has 0 saturated heterocycles. The number of carbonyl (C=O) groups excluding carboxylic acids is 1. The van der Waals surface area contributed by atoms with Crippen LogP contribution in [0.4, 0.5) is 4.39 Å². The summed E-state index contributed by atoms with van der Waals surface area (Å²) in [4.78, 5) is 15.1. The Hall–Kier alpha value is -2.03. The van der Waals surface area contributed by atoms with Crippen LogP contribution >= 0.6 is 0 Å². The first kappa shape index (κ1) is 12.4. The topological polar surface area (TPSA) is 30.0 Å². The highest BCUT2D eigenvalue weighted by molar-refractivity contribution is 5.74. The molecule has 1 unspecified atom stereocenters. The van der Waals surface area contributed by atoms with Crippen LogP contribution in [0.5, 0.6) is 0 Å². The molecule has 0 fully saturated rings. The van der Waals surface area contributed by atoms with Crippen molar-refractivity contribution in [1.29, 1.82) is 0 Å². The number of halogens is 1. The van der Waals surface area contributed by atoms with Crippen LogP contribution in [0.1, 0.15) is 40.9 Å². The number of benzene rings is 1. The SMILES string of the molecule is CCC(c1ccc(F)cc1)c1cccnc1C=O. The van der Waals surface area contributed by atoms with Crippen molar-refractivity contribution in [2.45, 2.75) is 19.3 Å². The molecule has 92 valence electrons. The van der Waals surface area contributed by atoms with Crippen LogP contribution in [0.25, 0.3) is 0 Å². The summed E-state index contributed by atoms with van der Waals surface area (Å²) in [7, 11) is 0. The van der Waals surface area contributed by atoms with Crippen molar-refractivity contribution in [2.24, 2.45) is 0 Å². The Balaban J connectivity index is 2.45. The molecule has 2 nitrogen and oxygen atoms in total. The Morgan fingerprint density at radius 1 is 1.28 bits per heavy atom. The molecular formula is C15H14FNO. The fourth-order valence-electron chi connectivity index (χ4n) is 2.15. The van der Waals surface area contributed by atoms with Gasteiger partial charge >= 0.3 is 0 Å². The van der Waals surface area contributed by atoms with Gasteiger partial charge in [-0.2, -0.15) is 0 Å². The number of pyridine rings is 1. The molecule has 0 aliphatic heterocycles. The fraction of sp³-hybridized carbons (Fsp3) is 0.200. The molecule has 0 aliphatic carbocycles. The number of nitrogens with zero attached hydrogens (tertiary/aromatic N) is 1. The highest BCUT2D eigenvalue weighted by Crippen LogP contribution is 2.29. The van der Waals surface area contributed by atoms with E-state index < -0.39 is 0 Å². The first-order valence-corrected chi connectivity index (χ1v) is 5.91. The molecule has 0 aliphatic rings. The molecule has 2 aromatic rings. The van der Waals surface area contributed by atoms with Gasteiger partial charge in [-0.15, -0.1) is 0 Å². The largest absolute Gasteiger partial charge is 0.296 e. The van der Waals surface area contributed by atoms with Gasteiger partial charge < -0.3 is 0 Å². The lowest BCUT2D eigenvalue weighted by molar-refractivity contribution is 0.111. The van der Waals surface area contributed by atoms with Crippen LogP contribution in [-0.2, 0) is 0 Å². The summed E-state index contributed by atoms with van der Waals surface area (Å²) in [6.07, 6.45) is 3.20. The average molecular weight is 243 g/mol. The lowest BCUT2D eigenvalue weighted by atomic mass is 9.88. The zero-order valence-electron chi connectivity index (χ0n) is 10.1. The van der Waals surface area contributed by atoms with Crippen molar-refractivity contribution in [3.05, 3.63) is 65.2 Å². The predicted molar refractivity (Wildman–Crippen MR) is 68.2 cm³/mol. The van der Waals surface area contributed by atoms with E-state index in [4.69, 9.17) is 0 Å². The van der Waals surface area contributed by atoms with Crippen LogP contribution in [0.2, 0.25) is 0 Å². The van der Waals surface area contributed by atoms with Gasteiger partial charge in [0.2, 0.25) is 0 Å². The molecule has 0 bridgehead atoms. The Labute approximate surface area is 105 Å². The number of hydrogen-bond donors (Lipinski definition) is 0. The number of aromatic nitrogens is 1. The highest BCUT2D eigenvalue weighted by atomic mass is 19.1. The Bertz CT molecular complexity index is 536. The molecule has 0 spiro atoms. The van der Waals surface area contributed by atoms with Gasteiger partial charge in [0.05, 0.1) is 0 Å². The maximum Gasteiger partial charge on any atom is 0.168 e. The van der Waals surface area contributed by atoms with Gasteiger partial charge in [0.15, 0.2) is 6.29 Å². The molecule has 0 amide bonds. The Kier molecular flexibility index (Phi) is 3.82. The molecule has 0 saturated carbocycles. The molecular weight excluding hydrogens is 229 g/mol. The maximum atomic E-state index is 12.9. The average Bonchev–Trinajstić information content (AvgIpc) is 2.42. The van der Waals surface area contributed by atoms with Gasteiger partial charge in [0.25, 0.3) is 0 Å². The third-order valence-electron chi connectivity index (χ3n) is 3.04. The third-order valence-corrected chi connectivity index (χ3v) is 3.04. The van der Waals surface area contributed by atoms with E-state index in [1.807, 2.05) is 19.1 Å². The minimum Gasteiger partial charge on any atom is -0.296 e. The molecule has 1 heterocycles. The summed E-state index contributed by atoms with van der Waals surface area (Å²) < 4.78 is 12.9. The summed E-state index contributed by atoms with van der Waals surface area (Å²) in [5, 5.41) is 0. The summed E-state index contributed by atoms with van der Waals surface area (Å²) in [5.74, 6) is -0.185. The van der Waals surface area contributed by atoms with E-state index in [0.717, 1.165) is 23.8 Å². The number of hydrogen-bond acceptors (Lipinski definition) is 2. The summed E-state index contributed by atoms with van der Waals surface area (Å²) in [5.41, 5.74) is 2.34. The van der Waals surface area contributed by atoms with E-state index in [0.29, 0.717) is 5.69 Å². The molecule has 18 heavy (non-hydrogen) atoms. The van der Waals surface area contributed by atoms with Gasteiger partial charge in [-0.25, -0.2) is 4.39 Å². The monoisotopic (exact) mass is 243 g/mol. The summed E-state index contributed by atoms with van der Waals surface area (Å²) in [6, 6.07) is 10.1. The number of carbonyl (C=O) groups is 1. The number of rotatable bonds is 4. The zero-order chi connectivity index (χ0) is 13.0. The lowest BCUT2D eigenvalue weighted by Crippen LogP contribution is -2.05. The van der Waals surface area contributed by atoms with Crippen molar-refractivity contribution in [2.75, 3.05) is 0 Å². The maximum absolute atomic E-state index is 12.9. The smallest absolute Gasteiger partial charge is 0.168 e. The van der Waals surface area contributed by atoms with Crippen LogP contribution in [0.15, 0.2) is 42.6 Å². The first-order valence-electron chi connectivity index (χ1n) is 5.91. The van der Waals surface area contributed by atoms with E-state index in [2.05, 4.69) is 4.98 Å². The normalized spacial score (nSPS) is 12.1. The van der Waals surface area contributed by atoms with E-state index in [1.165, 1.54) is 12.1 Å². The molecule has 1 aromatic heterocycles. The van der Waals surface area contributed by atoms with Crippen molar-refractivity contribution in [3.63, 3.8) is 0 Å². The second kappa shape index (κ2) is 5.54. The van der Waals surface area contributed by atoms with E-state index in [1.54, 1.807) is 18.3 Å². The second-order valence-electron chi connectivity index (χ2n) is 4.11. The molecule has 0 N–H and O–H groups in total. The Morgan fingerprint density at radius 3 is 2.61 bits per heavy atom. The third kappa shape index (κ3) is 2.45. The van der Waals surface area contributed by atoms with Crippen LogP contribution in [0.3, 0.4) is 0 Å². The second-order valence-corrected chi connectivity index (χ2v) is 4.11. The van der Waals surface area contributed by atoms with Gasteiger partial charge in [0.1, 0.15) is 11.5 Å². The fourth-order valence-corrected chi connectivity index (χ4v) is 2.15. The van der Waals surface area contributed by atoms with Crippen molar-refractivity contribution >= 4 is 6.29 Å². The van der Waals surface area contributed by atoms with Gasteiger partial charge in [-0.3, -0.25) is 9.78 Å². The van der Waals surface area contributed by atoms with Crippen LogP contribution in [-0.4, -0.2) is 11.3 Å². The predicted octanol–water partition coefficient (Wildman–Crippen LogP) is 3.58. The lowest BCUT2D eigenvalue weighted by Gasteiger charge is -2.17. The van der Waals surface area contributed by atoms with Crippen molar-refractivity contribution < 1.29 is 9.18 Å². The quantitative estimate of drug-likeness (QED) is 0.768. The minimum absolute atomic E-state index is 0.0690. The van der Waals surface area contributed by atoms with Crippen LogP contribution in [0, 0.1) is 5.82 Å². The van der Waals surface area contributed by atoms with Crippen LogP contribution < -0.4 is 0 Å². The van der Waals surface area contributed by atoms with Crippen molar-refractivity contribution in [1.82, 2.24) is 4.98 Å². The Morgan fingerprint density at radius 2 is 2.00 bits per heavy atom. The van der Waals surface area contributed by atoms with E-state index in [-0.39, 0.29) is 11.7 Å². The number of aldehydes is 1. The van der Waals surface area contributed by atoms with Gasteiger partial charge in [-0.05, 0) is 35.7 Å². The van der Waals surface area contributed by atoms with E-state index >= 15 is 0 Å². The standard InChI is InChI=1S/C15H14FNO/c1-2-13(11-5-7-12(16)8-6-11)14-4-3-9-17-15(14)10-18/h3-10,13H,2H2,1H3. The first-order chi connectivity index (χ1) is 8.76. The highest BCUT2D eigenvalue weighted by Gasteiger charge is 2.16. The van der Waals surface area contributed by atoms with Gasteiger partial charge in [-0.1, -0.05) is 25.1 Å². The molecule has 3 heteroatoms. The molecule has 1 aromatic carbocycles. The molecule has 2 rings (SSSR count). The zero-order valence-corrected chi connectivity index (χ0v) is 10.1. The van der Waals surface area contributed by atoms with Gasteiger partial charge in [0, 0.05) is 12.1 Å². The minimum atomic E-state index is -0.254. The molecule has 0 radical (unpaired) electrons. The molecule has 1 atom stereocenters. The van der Waals surface area contributed by atoms with Crippen molar-refractivity contribution in [3.8, 4) is 0 Å². The summed E-state index contributed by atoms with van der Waals surface area (Å²) in [6.45, 7) is 2.04.